The predicted octanol–water partition coefficient (Wildman–Crippen LogP) is 2.54. The molecule has 11 heteroatoms. The Labute approximate surface area is 179 Å². The number of rotatable bonds is 4. The van der Waals surface area contributed by atoms with Crippen molar-refractivity contribution in [2.45, 2.75) is 32.0 Å². The summed E-state index contributed by atoms with van der Waals surface area (Å²) in [4.78, 5) is 23.0. The minimum atomic E-state index is -4.50. The average molecular weight is 437 g/mol. The number of aromatic nitrogens is 4. The maximum atomic E-state index is 13.2. The molecule has 2 aliphatic rings. The first-order valence-corrected chi connectivity index (χ1v) is 10.4. The van der Waals surface area contributed by atoms with Crippen LogP contribution in [-0.2, 0) is 10.9 Å². The van der Waals surface area contributed by atoms with Crippen molar-refractivity contribution in [1.29, 1.82) is 0 Å². The molecule has 8 nitrogen and oxygen atoms in total. The first-order valence-electron chi connectivity index (χ1n) is 10.4. The number of piperidine rings is 1. The molecule has 4 rings (SSSR count). The zero-order chi connectivity index (χ0) is 22.0. The maximum absolute atomic E-state index is 13.2. The van der Waals surface area contributed by atoms with Gasteiger partial charge >= 0.3 is 6.18 Å². The number of alkyl halides is 3. The van der Waals surface area contributed by atoms with Gasteiger partial charge in [0, 0.05) is 51.5 Å². The van der Waals surface area contributed by atoms with Crippen LogP contribution >= 0.6 is 0 Å². The molecular weight excluding hydrogens is 411 g/mol. The summed E-state index contributed by atoms with van der Waals surface area (Å²) in [6.07, 6.45) is -1.02. The van der Waals surface area contributed by atoms with Gasteiger partial charge in [-0.2, -0.15) is 18.2 Å². The predicted molar refractivity (Wildman–Crippen MR) is 110 cm³/mol. The van der Waals surface area contributed by atoms with Gasteiger partial charge in [0.1, 0.15) is 23.2 Å². The molecule has 2 aliphatic heterocycles. The van der Waals surface area contributed by atoms with E-state index in [9.17, 15) is 13.2 Å². The number of halogens is 3. The average Bonchev–Trinajstić information content (AvgIpc) is 2.78. The Hall–Kier alpha value is -2.69. The van der Waals surface area contributed by atoms with Gasteiger partial charge in [0.2, 0.25) is 5.95 Å². The molecule has 1 unspecified atom stereocenters. The van der Waals surface area contributed by atoms with Crippen molar-refractivity contribution in [2.75, 3.05) is 61.1 Å². The SMILES string of the molecule is Cc1nc(N2CCCC(N(C)c3nccc(N4CCOCC4)n3)C2)cc(C(F)(F)F)n1. The van der Waals surface area contributed by atoms with E-state index in [1.54, 1.807) is 6.20 Å². The molecule has 31 heavy (non-hydrogen) atoms. The van der Waals surface area contributed by atoms with Gasteiger partial charge < -0.3 is 19.4 Å². The Kier molecular flexibility index (Phi) is 6.12. The molecule has 0 aliphatic carbocycles. The molecule has 168 valence electrons. The summed E-state index contributed by atoms with van der Waals surface area (Å²) in [6, 6.07) is 2.97. The van der Waals surface area contributed by atoms with Gasteiger partial charge in [0.05, 0.1) is 13.2 Å². The first kappa shape index (κ1) is 21.5. The molecule has 0 spiro atoms. The van der Waals surface area contributed by atoms with Gasteiger partial charge in [-0.15, -0.1) is 0 Å². The van der Waals surface area contributed by atoms with Crippen molar-refractivity contribution < 1.29 is 17.9 Å². The molecule has 0 amide bonds. The standard InChI is InChI=1S/C20H26F3N7O/c1-14-25-16(20(21,22)23)12-18(26-14)30-7-3-4-15(13-30)28(2)19-24-6-5-17(27-19)29-8-10-31-11-9-29/h5-6,12,15H,3-4,7-11,13H2,1-2H3. The number of hydrogen-bond acceptors (Lipinski definition) is 8. The van der Waals surface area contributed by atoms with Crippen LogP contribution in [0.25, 0.3) is 0 Å². The van der Waals surface area contributed by atoms with Gasteiger partial charge in [0.15, 0.2) is 0 Å². The monoisotopic (exact) mass is 437 g/mol. The highest BCUT2D eigenvalue weighted by molar-refractivity contribution is 5.46. The molecule has 0 aromatic carbocycles. The quantitative estimate of drug-likeness (QED) is 0.723. The fraction of sp³-hybridized carbons (Fsp3) is 0.600. The largest absolute Gasteiger partial charge is 0.433 e. The van der Waals surface area contributed by atoms with Crippen molar-refractivity contribution in [2.24, 2.45) is 0 Å². The topological polar surface area (TPSA) is 70.5 Å². The summed E-state index contributed by atoms with van der Waals surface area (Å²) < 4.78 is 45.0. The Morgan fingerprint density at radius 3 is 2.58 bits per heavy atom. The summed E-state index contributed by atoms with van der Waals surface area (Å²) in [5.41, 5.74) is -0.910. The van der Waals surface area contributed by atoms with Gasteiger partial charge in [-0.3, -0.25) is 0 Å². The summed E-state index contributed by atoms with van der Waals surface area (Å²) in [5.74, 6) is 1.88. The summed E-state index contributed by atoms with van der Waals surface area (Å²) in [5, 5.41) is 0. The van der Waals surface area contributed by atoms with E-state index in [1.807, 2.05) is 22.9 Å². The van der Waals surface area contributed by atoms with Crippen LogP contribution < -0.4 is 14.7 Å². The van der Waals surface area contributed by atoms with E-state index in [-0.39, 0.29) is 11.9 Å². The molecule has 0 N–H and O–H groups in total. The molecule has 2 fully saturated rings. The number of aryl methyl sites for hydroxylation is 1. The van der Waals surface area contributed by atoms with Crippen LogP contribution in [0.1, 0.15) is 24.4 Å². The van der Waals surface area contributed by atoms with Crippen LogP contribution in [0, 0.1) is 6.92 Å². The number of likely N-dealkylation sites (N-methyl/N-ethyl adjacent to an activating group) is 1. The molecule has 4 heterocycles. The Balaban J connectivity index is 1.51. The van der Waals surface area contributed by atoms with E-state index in [0.717, 1.165) is 37.8 Å². The van der Waals surface area contributed by atoms with Crippen molar-refractivity contribution in [1.82, 2.24) is 19.9 Å². The second kappa shape index (κ2) is 8.81. The number of nitrogens with zero attached hydrogens (tertiary/aromatic N) is 7. The highest BCUT2D eigenvalue weighted by Gasteiger charge is 2.34. The van der Waals surface area contributed by atoms with Crippen molar-refractivity contribution >= 4 is 17.6 Å². The maximum Gasteiger partial charge on any atom is 0.433 e. The Bertz CT molecular complexity index is 905. The Morgan fingerprint density at radius 2 is 1.84 bits per heavy atom. The molecule has 0 radical (unpaired) electrons. The smallest absolute Gasteiger partial charge is 0.378 e. The minimum Gasteiger partial charge on any atom is -0.378 e. The molecule has 2 aromatic heterocycles. The van der Waals surface area contributed by atoms with Gasteiger partial charge in [-0.1, -0.05) is 0 Å². The summed E-state index contributed by atoms with van der Waals surface area (Å²) in [6.45, 7) is 5.58. The van der Waals surface area contributed by atoms with Crippen molar-refractivity contribution in [3.63, 3.8) is 0 Å². The lowest BCUT2D eigenvalue weighted by Gasteiger charge is -2.38. The van der Waals surface area contributed by atoms with E-state index in [1.165, 1.54) is 6.92 Å². The van der Waals surface area contributed by atoms with E-state index in [0.29, 0.717) is 38.1 Å². The van der Waals surface area contributed by atoms with Crippen LogP contribution in [0.2, 0.25) is 0 Å². The fourth-order valence-corrected chi connectivity index (χ4v) is 3.98. The van der Waals surface area contributed by atoms with E-state index in [2.05, 4.69) is 19.9 Å². The molecule has 1 atom stereocenters. The molecular formula is C20H26F3N7O. The third kappa shape index (κ3) is 4.97. The number of morpholine rings is 1. The van der Waals surface area contributed by atoms with Gasteiger partial charge in [-0.25, -0.2) is 15.0 Å². The lowest BCUT2D eigenvalue weighted by molar-refractivity contribution is -0.141. The lowest BCUT2D eigenvalue weighted by atomic mass is 10.0. The molecule has 2 saturated heterocycles. The van der Waals surface area contributed by atoms with Gasteiger partial charge in [0.25, 0.3) is 0 Å². The zero-order valence-corrected chi connectivity index (χ0v) is 17.6. The first-order chi connectivity index (χ1) is 14.8. The van der Waals surface area contributed by atoms with Gasteiger partial charge in [-0.05, 0) is 25.8 Å². The van der Waals surface area contributed by atoms with Crippen molar-refractivity contribution in [3.8, 4) is 0 Å². The lowest BCUT2D eigenvalue weighted by Crippen LogP contribution is -2.47. The third-order valence-corrected chi connectivity index (χ3v) is 5.66. The number of anilines is 3. The van der Waals surface area contributed by atoms with Crippen LogP contribution in [0.4, 0.5) is 30.8 Å². The second-order valence-electron chi connectivity index (χ2n) is 7.82. The summed E-state index contributed by atoms with van der Waals surface area (Å²) in [7, 11) is 1.93. The van der Waals surface area contributed by atoms with E-state index >= 15 is 0 Å². The summed E-state index contributed by atoms with van der Waals surface area (Å²) >= 11 is 0. The molecule has 0 bridgehead atoms. The zero-order valence-electron chi connectivity index (χ0n) is 17.6. The molecule has 2 aromatic rings. The van der Waals surface area contributed by atoms with Crippen LogP contribution in [-0.4, -0.2) is 72.4 Å². The van der Waals surface area contributed by atoms with Crippen LogP contribution in [0.5, 0.6) is 0 Å². The Morgan fingerprint density at radius 1 is 1.06 bits per heavy atom. The normalized spacial score (nSPS) is 20.1. The van der Waals surface area contributed by atoms with Crippen LogP contribution in [0.15, 0.2) is 18.3 Å². The second-order valence-corrected chi connectivity index (χ2v) is 7.82. The highest BCUT2D eigenvalue weighted by Crippen LogP contribution is 2.31. The number of ether oxygens (including phenoxy) is 1. The highest BCUT2D eigenvalue weighted by atomic mass is 19.4. The molecule has 0 saturated carbocycles. The number of hydrogen-bond donors (Lipinski definition) is 0. The van der Waals surface area contributed by atoms with Crippen LogP contribution in [0.3, 0.4) is 0 Å². The van der Waals surface area contributed by atoms with E-state index < -0.39 is 11.9 Å². The van der Waals surface area contributed by atoms with Crippen molar-refractivity contribution in [3.05, 3.63) is 29.8 Å². The third-order valence-electron chi connectivity index (χ3n) is 5.66. The van der Waals surface area contributed by atoms with E-state index in [4.69, 9.17) is 9.72 Å². The minimum absolute atomic E-state index is 0.0540. The fourth-order valence-electron chi connectivity index (χ4n) is 3.98.